The van der Waals surface area contributed by atoms with Crippen molar-refractivity contribution in [3.8, 4) is 23.0 Å². The molecule has 2 aliphatic rings. The number of aryl methyl sites for hydroxylation is 1. The van der Waals surface area contributed by atoms with Crippen LogP contribution >= 0.6 is 0 Å². The smallest absolute Gasteiger partial charge is 0.387 e. The van der Waals surface area contributed by atoms with Crippen molar-refractivity contribution in [2.75, 3.05) is 19.9 Å². The zero-order chi connectivity index (χ0) is 23.4. The Morgan fingerprint density at radius 2 is 1.82 bits per heavy atom. The second-order valence-corrected chi connectivity index (χ2v) is 7.96. The first kappa shape index (κ1) is 22.6. The molecule has 0 bridgehead atoms. The SMILES string of the molecule is CC1(CCc2ccc(OC(F)F)cc2)NC(=O)N(CCCOc2ccc3c(c2)OCO3)C1=O. The number of imide groups is 1. The van der Waals surface area contributed by atoms with E-state index in [0.717, 1.165) is 5.56 Å². The normalized spacial score (nSPS) is 19.2. The van der Waals surface area contributed by atoms with Crippen LogP contribution in [0.2, 0.25) is 0 Å². The number of hydrogen-bond acceptors (Lipinski definition) is 6. The zero-order valence-corrected chi connectivity index (χ0v) is 18.0. The lowest BCUT2D eigenvalue weighted by Gasteiger charge is -2.21. The predicted octanol–water partition coefficient (Wildman–Crippen LogP) is 3.73. The van der Waals surface area contributed by atoms with Crippen LogP contribution in [0.4, 0.5) is 13.6 Å². The van der Waals surface area contributed by atoms with Gasteiger partial charge in [0.1, 0.15) is 17.0 Å². The van der Waals surface area contributed by atoms with Crippen molar-refractivity contribution in [1.82, 2.24) is 10.2 Å². The summed E-state index contributed by atoms with van der Waals surface area (Å²) in [6.07, 6.45) is 1.32. The highest BCUT2D eigenvalue weighted by Crippen LogP contribution is 2.35. The average molecular weight is 462 g/mol. The second-order valence-electron chi connectivity index (χ2n) is 7.96. The van der Waals surface area contributed by atoms with Gasteiger partial charge in [0.05, 0.1) is 6.61 Å². The van der Waals surface area contributed by atoms with E-state index < -0.39 is 18.2 Å². The van der Waals surface area contributed by atoms with E-state index in [4.69, 9.17) is 14.2 Å². The summed E-state index contributed by atoms with van der Waals surface area (Å²) >= 11 is 0. The summed E-state index contributed by atoms with van der Waals surface area (Å²) < 4.78 is 45.1. The van der Waals surface area contributed by atoms with Crippen LogP contribution in [0.5, 0.6) is 23.0 Å². The fraction of sp³-hybridized carbons (Fsp3) is 0.391. The number of urea groups is 1. The third-order valence-corrected chi connectivity index (χ3v) is 5.55. The first-order valence-corrected chi connectivity index (χ1v) is 10.5. The average Bonchev–Trinajstić information content (AvgIpc) is 3.33. The molecule has 2 heterocycles. The van der Waals surface area contributed by atoms with Gasteiger partial charge in [-0.2, -0.15) is 8.78 Å². The van der Waals surface area contributed by atoms with Crippen molar-refractivity contribution in [2.24, 2.45) is 0 Å². The van der Waals surface area contributed by atoms with Gasteiger partial charge in [0.15, 0.2) is 11.5 Å². The van der Waals surface area contributed by atoms with Gasteiger partial charge in [-0.1, -0.05) is 12.1 Å². The maximum atomic E-state index is 12.9. The summed E-state index contributed by atoms with van der Waals surface area (Å²) in [5, 5.41) is 2.77. The van der Waals surface area contributed by atoms with Crippen LogP contribution in [0.15, 0.2) is 42.5 Å². The minimum Gasteiger partial charge on any atom is -0.493 e. The van der Waals surface area contributed by atoms with Crippen molar-refractivity contribution < 1.29 is 37.3 Å². The molecule has 1 unspecified atom stereocenters. The molecule has 1 atom stereocenters. The Balaban J connectivity index is 1.25. The summed E-state index contributed by atoms with van der Waals surface area (Å²) in [4.78, 5) is 26.5. The highest BCUT2D eigenvalue weighted by atomic mass is 19.3. The third-order valence-electron chi connectivity index (χ3n) is 5.55. The molecule has 0 aromatic heterocycles. The van der Waals surface area contributed by atoms with E-state index in [0.29, 0.717) is 43.1 Å². The van der Waals surface area contributed by atoms with E-state index in [1.165, 1.54) is 17.0 Å². The van der Waals surface area contributed by atoms with Crippen LogP contribution in [0.1, 0.15) is 25.3 Å². The number of halogens is 2. The first-order chi connectivity index (χ1) is 15.8. The van der Waals surface area contributed by atoms with Crippen LogP contribution in [-0.4, -0.2) is 48.9 Å². The van der Waals surface area contributed by atoms with Crippen LogP contribution < -0.4 is 24.3 Å². The lowest BCUT2D eigenvalue weighted by Crippen LogP contribution is -2.44. The number of fused-ring (bicyclic) bond motifs is 1. The second kappa shape index (κ2) is 9.51. The number of hydrogen-bond donors (Lipinski definition) is 1. The molecule has 3 amide bonds. The van der Waals surface area contributed by atoms with Gasteiger partial charge in [-0.3, -0.25) is 9.69 Å². The Morgan fingerprint density at radius 1 is 1.09 bits per heavy atom. The molecule has 10 heteroatoms. The summed E-state index contributed by atoms with van der Waals surface area (Å²) in [5.41, 5.74) is -0.191. The minimum absolute atomic E-state index is 0.0688. The third kappa shape index (κ3) is 5.27. The van der Waals surface area contributed by atoms with E-state index >= 15 is 0 Å². The minimum atomic E-state index is -2.88. The molecule has 1 N–H and O–H groups in total. The van der Waals surface area contributed by atoms with Crippen molar-refractivity contribution in [3.63, 3.8) is 0 Å². The summed E-state index contributed by atoms with van der Waals surface area (Å²) in [7, 11) is 0. The van der Waals surface area contributed by atoms with Crippen LogP contribution in [-0.2, 0) is 11.2 Å². The fourth-order valence-electron chi connectivity index (χ4n) is 3.73. The number of carbonyl (C=O) groups is 2. The molecule has 4 rings (SSSR count). The zero-order valence-electron chi connectivity index (χ0n) is 18.0. The van der Waals surface area contributed by atoms with Crippen LogP contribution in [0, 0.1) is 0 Å². The lowest BCUT2D eigenvalue weighted by atomic mass is 9.93. The Morgan fingerprint density at radius 3 is 2.58 bits per heavy atom. The molecule has 2 aliphatic heterocycles. The summed E-state index contributed by atoms with van der Waals surface area (Å²) in [5.74, 6) is 1.67. The number of nitrogens with zero attached hydrogens (tertiary/aromatic N) is 1. The van der Waals surface area contributed by atoms with Crippen molar-refractivity contribution >= 4 is 11.9 Å². The molecule has 33 heavy (non-hydrogen) atoms. The first-order valence-electron chi connectivity index (χ1n) is 10.5. The van der Waals surface area contributed by atoms with Gasteiger partial charge in [-0.15, -0.1) is 0 Å². The molecule has 2 aromatic rings. The molecule has 2 aromatic carbocycles. The Kier molecular flexibility index (Phi) is 6.52. The molecule has 0 radical (unpaired) electrons. The van der Waals surface area contributed by atoms with Gasteiger partial charge in [-0.25, -0.2) is 4.79 Å². The number of benzene rings is 2. The van der Waals surface area contributed by atoms with E-state index in [9.17, 15) is 18.4 Å². The predicted molar refractivity (Wildman–Crippen MR) is 113 cm³/mol. The highest BCUT2D eigenvalue weighted by molar-refractivity contribution is 6.06. The van der Waals surface area contributed by atoms with Crippen molar-refractivity contribution in [1.29, 1.82) is 0 Å². The standard InChI is InChI=1S/C23H24F2N2O6/c1-23(10-9-15-3-5-16(6-4-15)33-21(24)25)20(28)27(22(29)26-23)11-2-12-30-17-7-8-18-19(13-17)32-14-31-18/h3-8,13,21H,2,9-12,14H2,1H3,(H,26,29). The number of amides is 3. The fourth-order valence-corrected chi connectivity index (χ4v) is 3.73. The van der Waals surface area contributed by atoms with Gasteiger partial charge in [-0.05, 0) is 56.0 Å². The number of alkyl halides is 2. The molecule has 176 valence electrons. The van der Waals surface area contributed by atoms with E-state index in [-0.39, 0.29) is 25.0 Å². The molecular weight excluding hydrogens is 438 g/mol. The highest BCUT2D eigenvalue weighted by Gasteiger charge is 2.46. The molecular formula is C23H24F2N2O6. The number of carbonyl (C=O) groups excluding carboxylic acids is 2. The quantitative estimate of drug-likeness (QED) is 0.428. The molecule has 0 aliphatic carbocycles. The molecule has 0 spiro atoms. The maximum Gasteiger partial charge on any atom is 0.387 e. The monoisotopic (exact) mass is 462 g/mol. The topological polar surface area (TPSA) is 86.3 Å². The van der Waals surface area contributed by atoms with E-state index in [2.05, 4.69) is 10.1 Å². The van der Waals surface area contributed by atoms with Crippen LogP contribution in [0.25, 0.3) is 0 Å². The van der Waals surface area contributed by atoms with Gasteiger partial charge in [0.2, 0.25) is 6.79 Å². The number of nitrogens with one attached hydrogen (secondary N) is 1. The van der Waals surface area contributed by atoms with Gasteiger partial charge in [0, 0.05) is 12.6 Å². The van der Waals surface area contributed by atoms with Crippen molar-refractivity contribution in [2.45, 2.75) is 38.3 Å². The number of rotatable bonds is 10. The summed E-state index contributed by atoms with van der Waals surface area (Å²) in [6.45, 7) is -0.466. The molecule has 8 nitrogen and oxygen atoms in total. The molecule has 1 fully saturated rings. The Labute approximate surface area is 189 Å². The Bertz CT molecular complexity index is 1020. The maximum absolute atomic E-state index is 12.9. The van der Waals surface area contributed by atoms with E-state index in [1.807, 2.05) is 0 Å². The Hall–Kier alpha value is -3.56. The molecule has 1 saturated heterocycles. The van der Waals surface area contributed by atoms with Crippen LogP contribution in [0.3, 0.4) is 0 Å². The van der Waals surface area contributed by atoms with Gasteiger partial charge < -0.3 is 24.3 Å². The number of ether oxygens (including phenoxy) is 4. The van der Waals surface area contributed by atoms with Gasteiger partial charge in [0.25, 0.3) is 5.91 Å². The molecule has 0 saturated carbocycles. The van der Waals surface area contributed by atoms with E-state index in [1.54, 1.807) is 37.3 Å². The van der Waals surface area contributed by atoms with Gasteiger partial charge >= 0.3 is 12.6 Å². The lowest BCUT2D eigenvalue weighted by molar-refractivity contribution is -0.131. The van der Waals surface area contributed by atoms with Crippen molar-refractivity contribution in [3.05, 3.63) is 48.0 Å². The largest absolute Gasteiger partial charge is 0.493 e. The summed E-state index contributed by atoms with van der Waals surface area (Å²) in [6, 6.07) is 11.0.